The summed E-state index contributed by atoms with van der Waals surface area (Å²) >= 11 is 0. The van der Waals surface area contributed by atoms with E-state index in [4.69, 9.17) is 9.84 Å². The fourth-order valence-electron chi connectivity index (χ4n) is 2.42. The normalized spacial score (nSPS) is 14.3. The van der Waals surface area contributed by atoms with Gasteiger partial charge < -0.3 is 9.84 Å². The summed E-state index contributed by atoms with van der Waals surface area (Å²) in [6, 6.07) is 6.37. The van der Waals surface area contributed by atoms with Gasteiger partial charge in [-0.1, -0.05) is 41.7 Å². The van der Waals surface area contributed by atoms with Gasteiger partial charge in [-0.15, -0.1) is 0 Å². The molecule has 0 aliphatic carbocycles. The van der Waals surface area contributed by atoms with Crippen molar-refractivity contribution in [2.24, 2.45) is 10.3 Å². The van der Waals surface area contributed by atoms with Gasteiger partial charge in [0, 0.05) is 7.05 Å². The molecule has 0 spiro atoms. The number of aromatic carboxylic acids is 1. The number of carboxylic acid groups (broad SMARTS) is 1. The SMILES string of the molecule is C/C=C\C(=CCC(/C=C\C)=C/C=C/C(C)N=NN(C)c1ccc(C(=O)O)cc1)OC. The van der Waals surface area contributed by atoms with E-state index in [-0.39, 0.29) is 11.6 Å². The molecular weight excluding hydrogens is 378 g/mol. The number of benzene rings is 1. The van der Waals surface area contributed by atoms with Crippen LogP contribution in [0.1, 0.15) is 37.6 Å². The molecule has 0 aliphatic rings. The molecule has 1 unspecified atom stereocenters. The maximum Gasteiger partial charge on any atom is 0.335 e. The molecule has 0 saturated carbocycles. The van der Waals surface area contributed by atoms with Crippen molar-refractivity contribution in [3.8, 4) is 0 Å². The number of nitrogens with zero attached hydrogens (tertiary/aromatic N) is 3. The zero-order valence-corrected chi connectivity index (χ0v) is 18.3. The van der Waals surface area contributed by atoms with Gasteiger partial charge in [0.2, 0.25) is 0 Å². The largest absolute Gasteiger partial charge is 0.497 e. The van der Waals surface area contributed by atoms with Crippen molar-refractivity contribution >= 4 is 11.7 Å². The molecule has 1 N–H and O–H groups in total. The van der Waals surface area contributed by atoms with Crippen molar-refractivity contribution in [1.82, 2.24) is 0 Å². The van der Waals surface area contributed by atoms with Crippen LogP contribution in [0, 0.1) is 0 Å². The summed E-state index contributed by atoms with van der Waals surface area (Å²) in [4.78, 5) is 10.9. The molecule has 0 amide bonds. The van der Waals surface area contributed by atoms with Crippen LogP contribution in [-0.4, -0.2) is 31.3 Å². The topological polar surface area (TPSA) is 74.5 Å². The fourth-order valence-corrected chi connectivity index (χ4v) is 2.42. The Bertz CT molecular complexity index is 847. The van der Waals surface area contributed by atoms with E-state index < -0.39 is 5.97 Å². The Hall–Kier alpha value is -3.41. The summed E-state index contributed by atoms with van der Waals surface area (Å²) in [5, 5.41) is 19.0. The van der Waals surface area contributed by atoms with Gasteiger partial charge in [-0.05, 0) is 69.2 Å². The average molecular weight is 410 g/mol. The highest BCUT2D eigenvalue weighted by Crippen LogP contribution is 2.15. The van der Waals surface area contributed by atoms with Crippen LogP contribution < -0.4 is 5.01 Å². The smallest absolute Gasteiger partial charge is 0.335 e. The first-order chi connectivity index (χ1) is 14.4. The van der Waals surface area contributed by atoms with Crippen LogP contribution in [0.25, 0.3) is 0 Å². The molecule has 6 nitrogen and oxygen atoms in total. The number of ether oxygens (including phenoxy) is 1. The second kappa shape index (κ2) is 13.7. The highest BCUT2D eigenvalue weighted by Gasteiger charge is 2.04. The Labute approximate surface area is 179 Å². The number of carboxylic acids is 1. The third-order valence-corrected chi connectivity index (χ3v) is 4.04. The Morgan fingerprint density at radius 1 is 1.20 bits per heavy atom. The second-order valence-corrected chi connectivity index (χ2v) is 6.46. The number of hydrogen-bond donors (Lipinski definition) is 1. The van der Waals surface area contributed by atoms with Crippen LogP contribution in [0.2, 0.25) is 0 Å². The van der Waals surface area contributed by atoms with Gasteiger partial charge in [-0.3, -0.25) is 5.01 Å². The Morgan fingerprint density at radius 3 is 2.43 bits per heavy atom. The number of rotatable bonds is 11. The van der Waals surface area contributed by atoms with Crippen LogP contribution >= 0.6 is 0 Å². The zero-order valence-electron chi connectivity index (χ0n) is 18.3. The van der Waals surface area contributed by atoms with Gasteiger partial charge in [-0.25, -0.2) is 4.79 Å². The summed E-state index contributed by atoms with van der Waals surface area (Å²) in [5.74, 6) is -0.121. The van der Waals surface area contributed by atoms with Gasteiger partial charge in [-0.2, -0.15) is 5.11 Å². The molecular formula is C24H31N3O3. The van der Waals surface area contributed by atoms with E-state index in [1.54, 1.807) is 43.4 Å². The molecule has 6 heteroatoms. The standard InChI is InChI=1S/C24H31N3O3/c1-6-9-20(13-18-23(30-5)10-7-2)12-8-11-19(3)25-26-27(4)22-16-14-21(15-17-22)24(28)29/h6-12,14-19H,13H2,1-5H3,(H,28,29)/b9-6-,10-7-,11-8+,20-12+,23-18?,26-25?. The van der Waals surface area contributed by atoms with Crippen molar-refractivity contribution in [1.29, 1.82) is 0 Å². The van der Waals surface area contributed by atoms with Gasteiger partial charge in [0.1, 0.15) is 5.76 Å². The van der Waals surface area contributed by atoms with E-state index in [0.717, 1.165) is 23.4 Å². The maximum absolute atomic E-state index is 10.9. The summed E-state index contributed by atoms with van der Waals surface area (Å²) in [6.45, 7) is 5.89. The van der Waals surface area contributed by atoms with Crippen molar-refractivity contribution in [3.05, 3.63) is 89.8 Å². The van der Waals surface area contributed by atoms with Crippen LogP contribution in [0.4, 0.5) is 5.69 Å². The van der Waals surface area contributed by atoms with Crippen LogP contribution in [-0.2, 0) is 4.74 Å². The Morgan fingerprint density at radius 2 is 1.87 bits per heavy atom. The third-order valence-electron chi connectivity index (χ3n) is 4.04. The van der Waals surface area contributed by atoms with Crippen molar-refractivity contribution in [2.75, 3.05) is 19.2 Å². The summed E-state index contributed by atoms with van der Waals surface area (Å²) in [6.07, 6.45) is 16.7. The lowest BCUT2D eigenvalue weighted by molar-refractivity contribution is 0.0697. The van der Waals surface area contributed by atoms with Crippen molar-refractivity contribution < 1.29 is 14.6 Å². The van der Waals surface area contributed by atoms with E-state index >= 15 is 0 Å². The van der Waals surface area contributed by atoms with E-state index in [9.17, 15) is 4.79 Å². The van der Waals surface area contributed by atoms with Gasteiger partial charge >= 0.3 is 5.97 Å². The molecule has 1 atom stereocenters. The molecule has 0 aromatic heterocycles. The third kappa shape index (κ3) is 9.19. The van der Waals surface area contributed by atoms with E-state index in [1.165, 1.54) is 0 Å². The molecule has 0 aliphatic heterocycles. The molecule has 0 saturated heterocycles. The lowest BCUT2D eigenvalue weighted by atomic mass is 10.1. The molecule has 160 valence electrons. The molecule has 0 heterocycles. The van der Waals surface area contributed by atoms with E-state index in [2.05, 4.69) is 16.4 Å². The summed E-state index contributed by atoms with van der Waals surface area (Å²) < 4.78 is 5.31. The number of hydrogen-bond acceptors (Lipinski definition) is 4. The van der Waals surface area contributed by atoms with Crippen molar-refractivity contribution in [3.63, 3.8) is 0 Å². The monoisotopic (exact) mass is 409 g/mol. The molecule has 0 radical (unpaired) electrons. The lowest BCUT2D eigenvalue weighted by Gasteiger charge is -2.12. The molecule has 30 heavy (non-hydrogen) atoms. The zero-order chi connectivity index (χ0) is 22.4. The minimum absolute atomic E-state index is 0.109. The Balaban J connectivity index is 2.73. The highest BCUT2D eigenvalue weighted by atomic mass is 16.5. The first-order valence-electron chi connectivity index (χ1n) is 9.76. The molecule has 1 rings (SSSR count). The lowest BCUT2D eigenvalue weighted by Crippen LogP contribution is -2.09. The number of anilines is 1. The fraction of sp³-hybridized carbons (Fsp3) is 0.292. The van der Waals surface area contributed by atoms with Gasteiger partial charge in [0.25, 0.3) is 0 Å². The number of carbonyl (C=O) groups is 1. The molecule has 1 aromatic rings. The average Bonchev–Trinajstić information content (AvgIpc) is 2.74. The van der Waals surface area contributed by atoms with Gasteiger partial charge in [0.05, 0.1) is 24.4 Å². The highest BCUT2D eigenvalue weighted by molar-refractivity contribution is 5.88. The first-order valence-corrected chi connectivity index (χ1v) is 9.76. The summed E-state index contributed by atoms with van der Waals surface area (Å²) in [7, 11) is 3.43. The minimum atomic E-state index is -0.953. The quantitative estimate of drug-likeness (QED) is 0.206. The maximum atomic E-state index is 10.9. The number of allylic oxidation sites excluding steroid dienone is 8. The van der Waals surface area contributed by atoms with E-state index in [0.29, 0.717) is 0 Å². The van der Waals surface area contributed by atoms with Crippen LogP contribution in [0.15, 0.2) is 94.5 Å². The van der Waals surface area contributed by atoms with E-state index in [1.807, 2.05) is 63.3 Å². The Kier molecular flexibility index (Phi) is 11.3. The second-order valence-electron chi connectivity index (χ2n) is 6.46. The molecule has 1 aromatic carbocycles. The molecule has 0 fully saturated rings. The summed E-state index contributed by atoms with van der Waals surface area (Å²) in [5.41, 5.74) is 2.15. The van der Waals surface area contributed by atoms with Crippen LogP contribution in [0.5, 0.6) is 0 Å². The van der Waals surface area contributed by atoms with Crippen molar-refractivity contribution in [2.45, 2.75) is 33.2 Å². The predicted octanol–water partition coefficient (Wildman–Crippen LogP) is 6.13. The van der Waals surface area contributed by atoms with Gasteiger partial charge in [0.15, 0.2) is 0 Å². The van der Waals surface area contributed by atoms with Crippen LogP contribution in [0.3, 0.4) is 0 Å². The predicted molar refractivity (Wildman–Crippen MR) is 123 cm³/mol. The minimum Gasteiger partial charge on any atom is -0.497 e. The molecule has 0 bridgehead atoms. The number of methoxy groups -OCH3 is 1. The first kappa shape index (κ1) is 24.6.